The largest absolute Gasteiger partial charge is 0.360 e. The van der Waals surface area contributed by atoms with Crippen LogP contribution in [0.1, 0.15) is 27.0 Å². The van der Waals surface area contributed by atoms with Gasteiger partial charge in [-0.1, -0.05) is 17.7 Å². The molecule has 0 radical (unpaired) electrons. The first-order chi connectivity index (χ1) is 9.56. The van der Waals surface area contributed by atoms with Gasteiger partial charge in [0.2, 0.25) is 0 Å². The predicted octanol–water partition coefficient (Wildman–Crippen LogP) is 4.15. The highest BCUT2D eigenvalue weighted by Gasteiger charge is 2.16. The van der Waals surface area contributed by atoms with Crippen LogP contribution in [0.2, 0.25) is 0 Å². The van der Waals surface area contributed by atoms with E-state index in [1.807, 2.05) is 32.0 Å². The Balaban J connectivity index is 2.17. The monoisotopic (exact) mass is 267 g/mol. The van der Waals surface area contributed by atoms with Gasteiger partial charge in [-0.15, -0.1) is 0 Å². The summed E-state index contributed by atoms with van der Waals surface area (Å²) in [5, 5.41) is 0.621. The molecule has 0 atom stereocenters. The second kappa shape index (κ2) is 4.60. The number of halogens is 1. The van der Waals surface area contributed by atoms with Gasteiger partial charge in [-0.3, -0.25) is 4.79 Å². The van der Waals surface area contributed by atoms with Crippen LogP contribution in [0, 0.1) is 19.7 Å². The standard InChI is InChI=1S/C17H14FNO/c1-10-3-4-11(2)13(7-10)17(20)15-9-19-16-6-5-12(18)8-14(15)16/h3-9,19H,1-2H3. The number of aromatic nitrogens is 1. The maximum Gasteiger partial charge on any atom is 0.195 e. The van der Waals surface area contributed by atoms with E-state index in [0.717, 1.165) is 16.6 Å². The average Bonchev–Trinajstić information content (AvgIpc) is 2.83. The van der Waals surface area contributed by atoms with Crippen LogP contribution in [0.5, 0.6) is 0 Å². The smallest absolute Gasteiger partial charge is 0.195 e. The molecule has 3 aromatic rings. The summed E-state index contributed by atoms with van der Waals surface area (Å²) < 4.78 is 13.4. The van der Waals surface area contributed by atoms with E-state index < -0.39 is 0 Å². The number of H-pyrrole nitrogens is 1. The zero-order chi connectivity index (χ0) is 14.3. The topological polar surface area (TPSA) is 32.9 Å². The number of fused-ring (bicyclic) bond motifs is 1. The normalized spacial score (nSPS) is 10.9. The summed E-state index contributed by atoms with van der Waals surface area (Å²) in [5.74, 6) is -0.421. The van der Waals surface area contributed by atoms with Gasteiger partial charge in [0.05, 0.1) is 0 Å². The fraction of sp³-hybridized carbons (Fsp3) is 0.118. The zero-order valence-corrected chi connectivity index (χ0v) is 11.3. The maximum absolute atomic E-state index is 13.4. The minimum Gasteiger partial charge on any atom is -0.360 e. The lowest BCUT2D eigenvalue weighted by molar-refractivity contribution is 0.103. The van der Waals surface area contributed by atoms with Gasteiger partial charge in [-0.25, -0.2) is 4.39 Å². The lowest BCUT2D eigenvalue weighted by Crippen LogP contribution is -2.03. The van der Waals surface area contributed by atoms with Crippen molar-refractivity contribution in [3.8, 4) is 0 Å². The van der Waals surface area contributed by atoms with Crippen molar-refractivity contribution < 1.29 is 9.18 Å². The maximum atomic E-state index is 13.4. The Kier molecular flexibility index (Phi) is 2.90. The van der Waals surface area contributed by atoms with Crippen LogP contribution in [-0.4, -0.2) is 10.8 Å². The minimum atomic E-state index is -0.341. The molecule has 0 amide bonds. The molecule has 0 saturated heterocycles. The first-order valence-corrected chi connectivity index (χ1v) is 6.45. The highest BCUT2D eigenvalue weighted by Crippen LogP contribution is 2.23. The molecule has 1 heterocycles. The third-order valence-corrected chi connectivity index (χ3v) is 3.53. The Bertz CT molecular complexity index is 817. The molecule has 0 saturated carbocycles. The van der Waals surface area contributed by atoms with E-state index in [-0.39, 0.29) is 11.6 Å². The van der Waals surface area contributed by atoms with Crippen molar-refractivity contribution in [2.45, 2.75) is 13.8 Å². The lowest BCUT2D eigenvalue weighted by Gasteiger charge is -2.05. The Labute approximate surface area is 116 Å². The molecule has 100 valence electrons. The quantitative estimate of drug-likeness (QED) is 0.695. The Morgan fingerprint density at radius 1 is 1.05 bits per heavy atom. The second-order valence-corrected chi connectivity index (χ2v) is 5.04. The van der Waals surface area contributed by atoms with E-state index in [1.165, 1.54) is 12.1 Å². The highest BCUT2D eigenvalue weighted by molar-refractivity contribution is 6.17. The van der Waals surface area contributed by atoms with Gasteiger partial charge in [0.15, 0.2) is 5.78 Å². The lowest BCUT2D eigenvalue weighted by atomic mass is 9.97. The second-order valence-electron chi connectivity index (χ2n) is 5.04. The molecule has 0 bridgehead atoms. The highest BCUT2D eigenvalue weighted by atomic mass is 19.1. The number of ketones is 1. The van der Waals surface area contributed by atoms with Crippen LogP contribution in [0.25, 0.3) is 10.9 Å². The van der Waals surface area contributed by atoms with Crippen molar-refractivity contribution in [2.24, 2.45) is 0 Å². The summed E-state index contributed by atoms with van der Waals surface area (Å²) in [4.78, 5) is 15.7. The molecule has 0 spiro atoms. The molecule has 0 aliphatic heterocycles. The van der Waals surface area contributed by atoms with E-state index in [4.69, 9.17) is 0 Å². The number of rotatable bonds is 2. The number of aromatic amines is 1. The Morgan fingerprint density at radius 2 is 1.85 bits per heavy atom. The SMILES string of the molecule is Cc1ccc(C)c(C(=O)c2c[nH]c3ccc(F)cc23)c1. The van der Waals surface area contributed by atoms with Crippen LogP contribution in [0.15, 0.2) is 42.6 Å². The van der Waals surface area contributed by atoms with Gasteiger partial charge in [-0.2, -0.15) is 0 Å². The molecule has 0 aliphatic carbocycles. The molecule has 2 aromatic carbocycles. The molecule has 2 nitrogen and oxygen atoms in total. The first-order valence-electron chi connectivity index (χ1n) is 6.45. The number of hydrogen-bond donors (Lipinski definition) is 1. The third-order valence-electron chi connectivity index (χ3n) is 3.53. The molecule has 3 heteroatoms. The van der Waals surface area contributed by atoms with Crippen molar-refractivity contribution in [1.82, 2.24) is 4.98 Å². The van der Waals surface area contributed by atoms with Gasteiger partial charge < -0.3 is 4.98 Å². The van der Waals surface area contributed by atoms with Gasteiger partial charge >= 0.3 is 0 Å². The van der Waals surface area contributed by atoms with Crippen LogP contribution in [0.3, 0.4) is 0 Å². The summed E-state index contributed by atoms with van der Waals surface area (Å²) in [6.45, 7) is 3.85. The number of hydrogen-bond acceptors (Lipinski definition) is 1. The fourth-order valence-electron chi connectivity index (χ4n) is 2.41. The average molecular weight is 267 g/mol. The third kappa shape index (κ3) is 2.01. The molecule has 3 rings (SSSR count). The molecule has 1 N–H and O–H groups in total. The van der Waals surface area contributed by atoms with Crippen LogP contribution in [-0.2, 0) is 0 Å². The molecule has 0 fully saturated rings. The van der Waals surface area contributed by atoms with E-state index in [9.17, 15) is 9.18 Å². The molecule has 0 aliphatic rings. The number of carbonyl (C=O) groups excluding carboxylic acids is 1. The number of benzene rings is 2. The molecular weight excluding hydrogens is 253 g/mol. The van der Waals surface area contributed by atoms with E-state index in [0.29, 0.717) is 16.5 Å². The van der Waals surface area contributed by atoms with Crippen LogP contribution in [0.4, 0.5) is 4.39 Å². The number of nitrogens with one attached hydrogen (secondary N) is 1. The van der Waals surface area contributed by atoms with Gasteiger partial charge in [0.25, 0.3) is 0 Å². The summed E-state index contributed by atoms with van der Waals surface area (Å²) in [5.41, 5.74) is 3.89. The van der Waals surface area contributed by atoms with Crippen LogP contribution >= 0.6 is 0 Å². The van der Waals surface area contributed by atoms with E-state index >= 15 is 0 Å². The van der Waals surface area contributed by atoms with E-state index in [2.05, 4.69) is 4.98 Å². The molecule has 0 unspecified atom stereocenters. The van der Waals surface area contributed by atoms with Gasteiger partial charge in [-0.05, 0) is 43.7 Å². The Hall–Kier alpha value is -2.42. The van der Waals surface area contributed by atoms with Crippen molar-refractivity contribution >= 4 is 16.7 Å². The number of carbonyl (C=O) groups is 1. The van der Waals surface area contributed by atoms with Gasteiger partial charge in [0.1, 0.15) is 5.82 Å². The van der Waals surface area contributed by atoms with E-state index in [1.54, 1.807) is 12.3 Å². The fourth-order valence-corrected chi connectivity index (χ4v) is 2.41. The minimum absolute atomic E-state index is 0.0805. The summed E-state index contributed by atoms with van der Waals surface area (Å²) in [6, 6.07) is 10.2. The van der Waals surface area contributed by atoms with Crippen molar-refractivity contribution in [3.05, 3.63) is 70.7 Å². The first kappa shape index (κ1) is 12.6. The molecular formula is C17H14FNO. The summed E-state index contributed by atoms with van der Waals surface area (Å²) >= 11 is 0. The van der Waals surface area contributed by atoms with Crippen LogP contribution < -0.4 is 0 Å². The van der Waals surface area contributed by atoms with Gasteiger partial charge in [0, 0.05) is 28.2 Å². The molecule has 1 aromatic heterocycles. The zero-order valence-electron chi connectivity index (χ0n) is 11.3. The molecule has 20 heavy (non-hydrogen) atoms. The van der Waals surface area contributed by atoms with Crippen molar-refractivity contribution in [1.29, 1.82) is 0 Å². The summed E-state index contributed by atoms with van der Waals surface area (Å²) in [7, 11) is 0. The Morgan fingerprint density at radius 3 is 2.65 bits per heavy atom. The predicted molar refractivity (Wildman–Crippen MR) is 77.6 cm³/mol. The number of aryl methyl sites for hydroxylation is 2. The van der Waals surface area contributed by atoms with Crippen molar-refractivity contribution in [3.63, 3.8) is 0 Å². The summed E-state index contributed by atoms with van der Waals surface area (Å²) in [6.07, 6.45) is 1.65. The van der Waals surface area contributed by atoms with Crippen molar-refractivity contribution in [2.75, 3.05) is 0 Å².